The van der Waals surface area contributed by atoms with Crippen molar-refractivity contribution in [2.24, 2.45) is 0 Å². The Labute approximate surface area is 269 Å². The number of Topliss-reactive ketones (excluding diaryl/α,β-unsaturated/α-hetero) is 1. The highest BCUT2D eigenvalue weighted by molar-refractivity contribution is 6.31. The second kappa shape index (κ2) is 12.5. The molecule has 3 aliphatic rings. The summed E-state index contributed by atoms with van der Waals surface area (Å²) < 4.78 is 61.6. The molecule has 48 heavy (non-hydrogen) atoms. The molecule has 0 saturated carbocycles. The number of alkyl halides is 3. The number of carbonyl (C=O) groups excluding carboxylic acids is 5. The van der Waals surface area contributed by atoms with Crippen LogP contribution in [0.5, 0.6) is 17.2 Å². The number of nitrogens with one attached hydrogen (secondary N) is 1. The molecule has 1 aliphatic heterocycles. The molecule has 5 rings (SSSR count). The summed E-state index contributed by atoms with van der Waals surface area (Å²) in [5.41, 5.74) is -4.85. The molecule has 2 aliphatic carbocycles. The number of benzene rings is 2. The standard InChI is InChI=1S/C31H30F3NO13/c1-11-28(47-12(2)37)15(35-29(43)31(32,33)34)7-19(46-11)48-17-9-30(44,18(38)10-36)8-14-21(17)27(42)23-22(25(14)40)24(39)13-5-4-6-16(45-3)20(13)26(23)41/h4-6,11,15,17,19,28,36,40,42,44H,7-10H2,1-3H3,(H,35,43)/t11-,15-,17-,19-,28+,30-/m0/s1. The number of halogens is 3. The maximum absolute atomic E-state index is 13.8. The molecular weight excluding hydrogens is 651 g/mol. The summed E-state index contributed by atoms with van der Waals surface area (Å²) in [7, 11) is 1.25. The lowest BCUT2D eigenvalue weighted by molar-refractivity contribution is -0.254. The molecule has 0 aromatic heterocycles. The number of aliphatic hydroxyl groups is 2. The highest BCUT2D eigenvalue weighted by atomic mass is 19.4. The predicted molar refractivity (Wildman–Crippen MR) is 151 cm³/mol. The SMILES string of the molecule is COc1cccc2c1C(=O)c1c(O)c3c(c(O)c1C2=O)C[C@@](O)(C(=O)CO)C[C@@H]3O[C@H]1C[C@H](NC(=O)C(F)(F)F)[C@H](OC(C)=O)[C@H](C)O1. The number of aliphatic hydroxyl groups excluding tert-OH is 1. The van der Waals surface area contributed by atoms with E-state index in [1.807, 2.05) is 0 Å². The van der Waals surface area contributed by atoms with Crippen LogP contribution in [0, 0.1) is 0 Å². The molecule has 2 aromatic carbocycles. The number of fused-ring (bicyclic) bond motifs is 3. The van der Waals surface area contributed by atoms with Crippen LogP contribution in [0.1, 0.15) is 75.8 Å². The van der Waals surface area contributed by atoms with Crippen molar-refractivity contribution >= 4 is 29.2 Å². The minimum absolute atomic E-state index is 0.0114. The highest BCUT2D eigenvalue weighted by Gasteiger charge is 2.51. The second-order valence-corrected chi connectivity index (χ2v) is 11.7. The number of hydrogen-bond donors (Lipinski definition) is 5. The fraction of sp³-hybridized carbons (Fsp3) is 0.452. The van der Waals surface area contributed by atoms with E-state index in [9.17, 15) is 57.6 Å². The van der Waals surface area contributed by atoms with Crippen LogP contribution in [0.15, 0.2) is 18.2 Å². The zero-order chi connectivity index (χ0) is 35.5. The lowest BCUT2D eigenvalue weighted by Crippen LogP contribution is -2.58. The van der Waals surface area contributed by atoms with Crippen molar-refractivity contribution in [3.63, 3.8) is 0 Å². The van der Waals surface area contributed by atoms with Crippen molar-refractivity contribution in [3.05, 3.63) is 51.6 Å². The molecule has 0 radical (unpaired) electrons. The minimum Gasteiger partial charge on any atom is -0.507 e. The summed E-state index contributed by atoms with van der Waals surface area (Å²) in [4.78, 5) is 63.7. The third-order valence-electron chi connectivity index (χ3n) is 8.60. The summed E-state index contributed by atoms with van der Waals surface area (Å²) in [5, 5.41) is 45.8. The van der Waals surface area contributed by atoms with Crippen molar-refractivity contribution in [1.29, 1.82) is 0 Å². The van der Waals surface area contributed by atoms with Gasteiger partial charge in [-0.25, -0.2) is 0 Å². The molecule has 17 heteroatoms. The first-order valence-electron chi connectivity index (χ1n) is 14.5. The number of ketones is 3. The zero-order valence-corrected chi connectivity index (χ0v) is 25.5. The molecule has 2 aromatic rings. The van der Waals surface area contributed by atoms with Crippen LogP contribution >= 0.6 is 0 Å². The van der Waals surface area contributed by atoms with Gasteiger partial charge in [-0.15, -0.1) is 0 Å². The Bertz CT molecular complexity index is 1720. The van der Waals surface area contributed by atoms with Gasteiger partial charge in [0, 0.05) is 42.9 Å². The smallest absolute Gasteiger partial charge is 0.471 e. The number of methoxy groups -OCH3 is 1. The van der Waals surface area contributed by atoms with Crippen LogP contribution in [-0.2, 0) is 35.0 Å². The predicted octanol–water partition coefficient (Wildman–Crippen LogP) is 1.29. The quantitative estimate of drug-likeness (QED) is 0.176. The normalized spacial score (nSPS) is 26.5. The molecule has 0 spiro atoms. The number of rotatable bonds is 7. The van der Waals surface area contributed by atoms with E-state index in [2.05, 4.69) is 0 Å². The molecule has 258 valence electrons. The van der Waals surface area contributed by atoms with Crippen molar-refractivity contribution in [2.75, 3.05) is 13.7 Å². The van der Waals surface area contributed by atoms with Gasteiger partial charge in [0.15, 0.2) is 17.9 Å². The number of phenols is 2. The monoisotopic (exact) mass is 681 g/mol. The van der Waals surface area contributed by atoms with Gasteiger partial charge in [0.1, 0.15) is 35.6 Å². The molecule has 1 saturated heterocycles. The van der Waals surface area contributed by atoms with Gasteiger partial charge in [-0.05, 0) is 13.0 Å². The Morgan fingerprint density at radius 2 is 1.75 bits per heavy atom. The number of hydrogen-bond acceptors (Lipinski definition) is 13. The molecule has 14 nitrogen and oxygen atoms in total. The number of esters is 1. The van der Waals surface area contributed by atoms with E-state index in [0.717, 1.165) is 6.92 Å². The molecular formula is C31H30F3NO13. The lowest BCUT2D eigenvalue weighted by atomic mass is 9.72. The average molecular weight is 682 g/mol. The molecule has 1 heterocycles. The van der Waals surface area contributed by atoms with E-state index in [-0.39, 0.29) is 28.0 Å². The number of aromatic hydroxyl groups is 2. The van der Waals surface area contributed by atoms with Crippen molar-refractivity contribution in [3.8, 4) is 17.2 Å². The Morgan fingerprint density at radius 3 is 2.35 bits per heavy atom. The summed E-state index contributed by atoms with van der Waals surface area (Å²) in [6, 6.07) is 2.59. The van der Waals surface area contributed by atoms with Crippen molar-refractivity contribution < 1.29 is 76.5 Å². The van der Waals surface area contributed by atoms with Crippen LogP contribution < -0.4 is 10.1 Å². The van der Waals surface area contributed by atoms with Crippen LogP contribution in [0.2, 0.25) is 0 Å². The molecule has 1 amide bonds. The third kappa shape index (κ3) is 5.86. The first-order chi connectivity index (χ1) is 22.4. The van der Waals surface area contributed by atoms with Gasteiger partial charge in [-0.2, -0.15) is 13.2 Å². The van der Waals surface area contributed by atoms with Crippen molar-refractivity contribution in [2.45, 2.75) is 75.5 Å². The van der Waals surface area contributed by atoms with E-state index in [4.69, 9.17) is 18.9 Å². The van der Waals surface area contributed by atoms with Crippen LogP contribution in [0.4, 0.5) is 13.2 Å². The van der Waals surface area contributed by atoms with E-state index >= 15 is 0 Å². The Morgan fingerprint density at radius 1 is 1.08 bits per heavy atom. The number of amides is 1. The maximum atomic E-state index is 13.8. The number of ether oxygens (including phenoxy) is 4. The second-order valence-electron chi connectivity index (χ2n) is 11.7. The molecule has 0 unspecified atom stereocenters. The highest BCUT2D eigenvalue weighted by Crippen LogP contribution is 2.52. The molecule has 6 atom stereocenters. The lowest BCUT2D eigenvalue weighted by Gasteiger charge is -2.43. The minimum atomic E-state index is -5.31. The largest absolute Gasteiger partial charge is 0.507 e. The summed E-state index contributed by atoms with van der Waals surface area (Å²) in [6.45, 7) is 1.13. The molecule has 1 fully saturated rings. The third-order valence-corrected chi connectivity index (χ3v) is 8.60. The average Bonchev–Trinajstić information content (AvgIpc) is 3.01. The first-order valence-corrected chi connectivity index (χ1v) is 14.5. The van der Waals surface area contributed by atoms with Gasteiger partial charge in [-0.1, -0.05) is 12.1 Å². The maximum Gasteiger partial charge on any atom is 0.471 e. The van der Waals surface area contributed by atoms with Gasteiger partial charge < -0.3 is 44.7 Å². The van der Waals surface area contributed by atoms with Crippen LogP contribution in [0.3, 0.4) is 0 Å². The Balaban J connectivity index is 1.61. The Kier molecular flexibility index (Phi) is 9.02. The van der Waals surface area contributed by atoms with E-state index in [0.29, 0.717) is 0 Å². The van der Waals surface area contributed by atoms with Gasteiger partial charge in [-0.3, -0.25) is 24.0 Å². The van der Waals surface area contributed by atoms with Crippen LogP contribution in [-0.4, -0.2) is 99.7 Å². The van der Waals surface area contributed by atoms with Gasteiger partial charge >= 0.3 is 18.1 Å². The fourth-order valence-corrected chi connectivity index (χ4v) is 6.47. The van der Waals surface area contributed by atoms with E-state index < -0.39 is 120 Å². The fourth-order valence-electron chi connectivity index (χ4n) is 6.47. The zero-order valence-electron chi connectivity index (χ0n) is 25.5. The van der Waals surface area contributed by atoms with E-state index in [1.165, 1.54) is 32.2 Å². The van der Waals surface area contributed by atoms with Gasteiger partial charge in [0.25, 0.3) is 0 Å². The van der Waals surface area contributed by atoms with Gasteiger partial charge in [0.2, 0.25) is 5.78 Å². The van der Waals surface area contributed by atoms with Gasteiger partial charge in [0.05, 0.1) is 42.0 Å². The summed E-state index contributed by atoms with van der Waals surface area (Å²) in [6.07, 6.45) is -13.3. The van der Waals surface area contributed by atoms with E-state index in [1.54, 1.807) is 5.32 Å². The van der Waals surface area contributed by atoms with Crippen LogP contribution in [0.25, 0.3) is 0 Å². The topological polar surface area (TPSA) is 215 Å². The molecule has 5 N–H and O–H groups in total. The molecule has 0 bridgehead atoms. The first kappa shape index (κ1) is 34.7. The van der Waals surface area contributed by atoms with Crippen molar-refractivity contribution in [1.82, 2.24) is 5.32 Å². The summed E-state index contributed by atoms with van der Waals surface area (Å²) in [5.74, 6) is -7.93. The number of phenolic OH excluding ortho intramolecular Hbond substituents is 2. The summed E-state index contributed by atoms with van der Waals surface area (Å²) >= 11 is 0. The Hall–Kier alpha value is -4.58. The number of carbonyl (C=O) groups is 5.